The predicted molar refractivity (Wildman–Crippen MR) is 86.8 cm³/mol. The van der Waals surface area contributed by atoms with Crippen molar-refractivity contribution in [3.8, 4) is 0 Å². The zero-order valence-corrected chi connectivity index (χ0v) is 13.3. The first-order valence-electron chi connectivity index (χ1n) is 6.43. The zero-order chi connectivity index (χ0) is 16.0. The standard InChI is InChI=1S/C14H17ClN2O3S/c1-8(2)3-6-12(18)17-14(21)16-9-4-5-11(15)10(7-9)13(19)20/h4-5,7-8H,3,6H2,1-2H3,(H,19,20)(H2,16,17,18,21). The molecule has 0 heterocycles. The van der Waals surface area contributed by atoms with Gasteiger partial charge in [0.2, 0.25) is 5.91 Å². The summed E-state index contributed by atoms with van der Waals surface area (Å²) in [7, 11) is 0. The Morgan fingerprint density at radius 2 is 2.05 bits per heavy atom. The van der Waals surface area contributed by atoms with Crippen LogP contribution in [-0.4, -0.2) is 22.1 Å². The average Bonchev–Trinajstić information content (AvgIpc) is 2.38. The molecule has 0 unspecified atom stereocenters. The summed E-state index contributed by atoms with van der Waals surface area (Å²) in [5.41, 5.74) is 0.418. The maximum absolute atomic E-state index is 11.6. The molecule has 1 aromatic carbocycles. The lowest BCUT2D eigenvalue weighted by molar-refractivity contribution is -0.119. The lowest BCUT2D eigenvalue weighted by atomic mass is 10.1. The molecule has 5 nitrogen and oxygen atoms in total. The third-order valence-electron chi connectivity index (χ3n) is 2.66. The van der Waals surface area contributed by atoms with Crippen molar-refractivity contribution in [3.63, 3.8) is 0 Å². The van der Waals surface area contributed by atoms with Gasteiger partial charge < -0.3 is 15.7 Å². The molecule has 0 fully saturated rings. The largest absolute Gasteiger partial charge is 0.478 e. The molecule has 3 N–H and O–H groups in total. The van der Waals surface area contributed by atoms with Crippen LogP contribution in [0, 0.1) is 5.92 Å². The Balaban J connectivity index is 2.61. The molecule has 21 heavy (non-hydrogen) atoms. The Morgan fingerprint density at radius 3 is 2.62 bits per heavy atom. The van der Waals surface area contributed by atoms with Crippen molar-refractivity contribution in [1.82, 2.24) is 5.32 Å². The Kier molecular flexibility index (Phi) is 6.58. The van der Waals surface area contributed by atoms with Crippen molar-refractivity contribution < 1.29 is 14.7 Å². The number of anilines is 1. The number of hydrogen-bond donors (Lipinski definition) is 3. The van der Waals surface area contributed by atoms with E-state index < -0.39 is 5.97 Å². The molecular formula is C14H17ClN2O3S. The zero-order valence-electron chi connectivity index (χ0n) is 11.8. The molecule has 0 atom stereocenters. The molecule has 1 rings (SSSR count). The van der Waals surface area contributed by atoms with Gasteiger partial charge in [0.15, 0.2) is 5.11 Å². The van der Waals surface area contributed by atoms with Crippen LogP contribution in [0.1, 0.15) is 37.0 Å². The van der Waals surface area contributed by atoms with Crippen molar-refractivity contribution in [2.45, 2.75) is 26.7 Å². The third-order valence-corrected chi connectivity index (χ3v) is 3.19. The number of halogens is 1. The lowest BCUT2D eigenvalue weighted by Crippen LogP contribution is -2.34. The molecule has 1 aromatic rings. The van der Waals surface area contributed by atoms with E-state index in [2.05, 4.69) is 10.6 Å². The number of carbonyl (C=O) groups is 2. The van der Waals surface area contributed by atoms with Crippen LogP contribution in [0.2, 0.25) is 5.02 Å². The highest BCUT2D eigenvalue weighted by atomic mass is 35.5. The van der Waals surface area contributed by atoms with E-state index in [1.807, 2.05) is 13.8 Å². The van der Waals surface area contributed by atoms with Gasteiger partial charge in [0.25, 0.3) is 0 Å². The second-order valence-corrected chi connectivity index (χ2v) is 5.75. The molecular weight excluding hydrogens is 312 g/mol. The predicted octanol–water partition coefficient (Wildman–Crippen LogP) is 3.29. The molecule has 0 aromatic heterocycles. The molecule has 0 aliphatic carbocycles. The van der Waals surface area contributed by atoms with Gasteiger partial charge in [0, 0.05) is 12.1 Å². The van der Waals surface area contributed by atoms with Crippen LogP contribution in [0.15, 0.2) is 18.2 Å². The third kappa shape index (κ3) is 6.10. The smallest absolute Gasteiger partial charge is 0.337 e. The summed E-state index contributed by atoms with van der Waals surface area (Å²) >= 11 is 10.8. The fourth-order valence-electron chi connectivity index (χ4n) is 1.54. The minimum Gasteiger partial charge on any atom is -0.478 e. The normalized spacial score (nSPS) is 10.3. The van der Waals surface area contributed by atoms with Gasteiger partial charge in [-0.2, -0.15) is 0 Å². The molecule has 0 aliphatic heterocycles. The Labute approximate surface area is 133 Å². The summed E-state index contributed by atoms with van der Waals surface area (Å²) in [5, 5.41) is 14.6. The summed E-state index contributed by atoms with van der Waals surface area (Å²) in [6, 6.07) is 4.40. The maximum atomic E-state index is 11.6. The van der Waals surface area contributed by atoms with Crippen molar-refractivity contribution in [2.75, 3.05) is 5.32 Å². The molecule has 0 saturated carbocycles. The van der Waals surface area contributed by atoms with E-state index >= 15 is 0 Å². The number of nitrogens with one attached hydrogen (secondary N) is 2. The fraction of sp³-hybridized carbons (Fsp3) is 0.357. The Morgan fingerprint density at radius 1 is 1.38 bits per heavy atom. The van der Waals surface area contributed by atoms with Crippen molar-refractivity contribution >= 4 is 46.5 Å². The first-order valence-corrected chi connectivity index (χ1v) is 7.22. The Hall–Kier alpha value is -1.66. The Bertz CT molecular complexity index is 561. The van der Waals surface area contributed by atoms with Crippen molar-refractivity contribution in [2.24, 2.45) is 5.92 Å². The van der Waals surface area contributed by atoms with E-state index in [1.54, 1.807) is 6.07 Å². The van der Waals surface area contributed by atoms with Gasteiger partial charge in [-0.25, -0.2) is 4.79 Å². The lowest BCUT2D eigenvalue weighted by Gasteiger charge is -2.11. The first-order chi connectivity index (χ1) is 9.79. The van der Waals surface area contributed by atoms with Crippen LogP contribution in [0.25, 0.3) is 0 Å². The van der Waals surface area contributed by atoms with E-state index in [0.29, 0.717) is 18.0 Å². The molecule has 0 bridgehead atoms. The summed E-state index contributed by atoms with van der Waals surface area (Å²) in [4.78, 5) is 22.6. The second kappa shape index (κ2) is 7.95. The van der Waals surface area contributed by atoms with Crippen LogP contribution < -0.4 is 10.6 Å². The fourth-order valence-corrected chi connectivity index (χ4v) is 1.97. The van der Waals surface area contributed by atoms with E-state index in [1.165, 1.54) is 12.1 Å². The molecule has 0 saturated heterocycles. The number of benzene rings is 1. The molecule has 114 valence electrons. The topological polar surface area (TPSA) is 78.4 Å². The van der Waals surface area contributed by atoms with Crippen molar-refractivity contribution in [1.29, 1.82) is 0 Å². The number of thiocarbonyl (C=S) groups is 1. The number of carboxylic acid groups (broad SMARTS) is 1. The van der Waals surface area contributed by atoms with E-state index in [0.717, 1.165) is 6.42 Å². The average molecular weight is 329 g/mol. The number of amides is 1. The number of aromatic carboxylic acids is 1. The quantitative estimate of drug-likeness (QED) is 0.723. The van der Waals surface area contributed by atoms with Gasteiger partial charge in [0.05, 0.1) is 10.6 Å². The number of hydrogen-bond acceptors (Lipinski definition) is 3. The van der Waals surface area contributed by atoms with Crippen LogP contribution in [-0.2, 0) is 4.79 Å². The van der Waals surface area contributed by atoms with E-state index in [-0.39, 0.29) is 21.6 Å². The summed E-state index contributed by atoms with van der Waals surface area (Å²) in [5.74, 6) is -0.865. The molecule has 0 spiro atoms. The van der Waals surface area contributed by atoms with Gasteiger partial charge in [-0.05, 0) is 42.8 Å². The highest BCUT2D eigenvalue weighted by Crippen LogP contribution is 2.20. The minimum absolute atomic E-state index is 0.0319. The minimum atomic E-state index is -1.13. The second-order valence-electron chi connectivity index (χ2n) is 4.93. The van der Waals surface area contributed by atoms with Gasteiger partial charge in [-0.1, -0.05) is 25.4 Å². The molecule has 1 amide bonds. The van der Waals surface area contributed by atoms with Gasteiger partial charge >= 0.3 is 5.97 Å². The number of rotatable bonds is 5. The van der Waals surface area contributed by atoms with Crippen LogP contribution >= 0.6 is 23.8 Å². The highest BCUT2D eigenvalue weighted by molar-refractivity contribution is 7.80. The monoisotopic (exact) mass is 328 g/mol. The SMILES string of the molecule is CC(C)CCC(=O)NC(=S)Nc1ccc(Cl)c(C(=O)O)c1. The summed E-state index contributed by atoms with van der Waals surface area (Å²) in [6.07, 6.45) is 1.17. The van der Waals surface area contributed by atoms with Crippen molar-refractivity contribution in [3.05, 3.63) is 28.8 Å². The van der Waals surface area contributed by atoms with Gasteiger partial charge in [0.1, 0.15) is 0 Å². The first kappa shape index (κ1) is 17.4. The summed E-state index contributed by atoms with van der Waals surface area (Å²) < 4.78 is 0. The van der Waals surface area contributed by atoms with E-state index in [4.69, 9.17) is 28.9 Å². The molecule has 0 radical (unpaired) electrons. The maximum Gasteiger partial charge on any atom is 0.337 e. The molecule has 0 aliphatic rings. The van der Waals surface area contributed by atoms with E-state index in [9.17, 15) is 9.59 Å². The van der Waals surface area contributed by atoms with Gasteiger partial charge in [-0.15, -0.1) is 0 Å². The van der Waals surface area contributed by atoms with Crippen LogP contribution in [0.3, 0.4) is 0 Å². The summed E-state index contributed by atoms with van der Waals surface area (Å²) in [6.45, 7) is 4.07. The number of carboxylic acids is 1. The number of carbonyl (C=O) groups excluding carboxylic acids is 1. The van der Waals surface area contributed by atoms with Crippen LogP contribution in [0.4, 0.5) is 5.69 Å². The van der Waals surface area contributed by atoms with Crippen LogP contribution in [0.5, 0.6) is 0 Å². The highest BCUT2D eigenvalue weighted by Gasteiger charge is 2.11. The van der Waals surface area contributed by atoms with Gasteiger partial charge in [-0.3, -0.25) is 4.79 Å². The molecule has 7 heteroatoms.